The third-order valence-electron chi connectivity index (χ3n) is 2.98. The summed E-state index contributed by atoms with van der Waals surface area (Å²) in [4.78, 5) is 25.5. The second-order valence-electron chi connectivity index (χ2n) is 5.82. The lowest BCUT2D eigenvalue weighted by atomic mass is 10.00. The number of piperidine rings is 1. The molecule has 0 aliphatic carbocycles. The zero-order valence-corrected chi connectivity index (χ0v) is 12.6. The Morgan fingerprint density at radius 1 is 1.26 bits per heavy atom. The van der Waals surface area contributed by atoms with Crippen molar-refractivity contribution in [3.63, 3.8) is 0 Å². The van der Waals surface area contributed by atoms with Crippen LogP contribution >= 0.6 is 0 Å². The Balaban J connectivity index is 2.84. The molecule has 0 saturated carbocycles. The van der Waals surface area contributed by atoms with Crippen molar-refractivity contribution in [3.8, 4) is 0 Å². The third-order valence-corrected chi connectivity index (χ3v) is 2.98. The molecule has 110 valence electrons. The minimum atomic E-state index is -0.544. The van der Waals surface area contributed by atoms with Gasteiger partial charge in [0.15, 0.2) is 0 Å². The lowest BCUT2D eigenvalue weighted by Gasteiger charge is -2.40. The molecular weight excluding hydrogens is 246 g/mol. The SMILES string of the molecule is CCOC1CCC[C@@H](C(=O)OC(C)(C)C)N1C(C)=O. The van der Waals surface area contributed by atoms with E-state index < -0.39 is 11.6 Å². The van der Waals surface area contributed by atoms with E-state index in [9.17, 15) is 9.59 Å². The maximum absolute atomic E-state index is 12.2. The van der Waals surface area contributed by atoms with Gasteiger partial charge < -0.3 is 14.4 Å². The number of carbonyl (C=O) groups excluding carboxylic acids is 2. The van der Waals surface area contributed by atoms with E-state index >= 15 is 0 Å². The summed E-state index contributed by atoms with van der Waals surface area (Å²) in [7, 11) is 0. The van der Waals surface area contributed by atoms with Crippen molar-refractivity contribution in [3.05, 3.63) is 0 Å². The smallest absolute Gasteiger partial charge is 0.329 e. The molecule has 2 atom stereocenters. The van der Waals surface area contributed by atoms with Gasteiger partial charge in [-0.3, -0.25) is 4.79 Å². The molecule has 0 aromatic carbocycles. The minimum absolute atomic E-state index is 0.144. The van der Waals surface area contributed by atoms with Crippen molar-refractivity contribution in [1.82, 2.24) is 4.90 Å². The number of carbonyl (C=O) groups is 2. The van der Waals surface area contributed by atoms with Crippen LogP contribution in [-0.4, -0.2) is 41.3 Å². The Morgan fingerprint density at radius 3 is 2.37 bits per heavy atom. The van der Waals surface area contributed by atoms with Gasteiger partial charge in [-0.2, -0.15) is 0 Å². The fraction of sp³-hybridized carbons (Fsp3) is 0.857. The van der Waals surface area contributed by atoms with Crippen LogP contribution in [0.4, 0.5) is 0 Å². The summed E-state index contributed by atoms with van der Waals surface area (Å²) >= 11 is 0. The van der Waals surface area contributed by atoms with Crippen molar-refractivity contribution in [2.45, 2.75) is 71.8 Å². The zero-order chi connectivity index (χ0) is 14.6. The van der Waals surface area contributed by atoms with Crippen molar-refractivity contribution >= 4 is 11.9 Å². The average Bonchev–Trinajstić information content (AvgIpc) is 2.26. The molecule has 1 aliphatic rings. The molecule has 5 heteroatoms. The standard InChI is InChI=1S/C14H25NO4/c1-6-18-12-9-7-8-11(15(12)10(2)16)13(17)19-14(3,4)5/h11-12H,6-9H2,1-5H3/t11-,12?/m0/s1. The van der Waals surface area contributed by atoms with E-state index in [1.807, 2.05) is 27.7 Å². The molecule has 19 heavy (non-hydrogen) atoms. The number of nitrogens with zero attached hydrogens (tertiary/aromatic N) is 1. The van der Waals surface area contributed by atoms with Crippen LogP contribution in [0.15, 0.2) is 0 Å². The largest absolute Gasteiger partial charge is 0.458 e. The number of hydrogen-bond donors (Lipinski definition) is 0. The number of rotatable bonds is 3. The van der Waals surface area contributed by atoms with Crippen LogP contribution in [0.3, 0.4) is 0 Å². The van der Waals surface area contributed by atoms with Crippen LogP contribution in [-0.2, 0) is 19.1 Å². The molecule has 0 aromatic rings. The summed E-state index contributed by atoms with van der Waals surface area (Å²) < 4.78 is 11.0. The highest BCUT2D eigenvalue weighted by atomic mass is 16.6. The van der Waals surface area contributed by atoms with Crippen LogP contribution in [0.25, 0.3) is 0 Å². The van der Waals surface area contributed by atoms with Gasteiger partial charge in [0.2, 0.25) is 5.91 Å². The van der Waals surface area contributed by atoms with Crippen LogP contribution in [0.2, 0.25) is 0 Å². The number of ether oxygens (including phenoxy) is 2. The van der Waals surface area contributed by atoms with Gasteiger partial charge in [-0.05, 0) is 47.0 Å². The fourth-order valence-corrected chi connectivity index (χ4v) is 2.34. The van der Waals surface area contributed by atoms with Crippen molar-refractivity contribution < 1.29 is 19.1 Å². The van der Waals surface area contributed by atoms with E-state index in [4.69, 9.17) is 9.47 Å². The first-order valence-electron chi connectivity index (χ1n) is 6.89. The van der Waals surface area contributed by atoms with Gasteiger partial charge in [0.05, 0.1) is 0 Å². The second kappa shape index (κ2) is 6.37. The predicted octanol–water partition coefficient (Wildman–Crippen LogP) is 2.09. The first-order chi connectivity index (χ1) is 8.76. The fourth-order valence-electron chi connectivity index (χ4n) is 2.34. The third kappa shape index (κ3) is 4.49. The predicted molar refractivity (Wildman–Crippen MR) is 71.4 cm³/mol. The Bertz CT molecular complexity index is 333. The van der Waals surface area contributed by atoms with Gasteiger partial charge in [0, 0.05) is 13.5 Å². The van der Waals surface area contributed by atoms with Crippen LogP contribution in [0, 0.1) is 0 Å². The van der Waals surface area contributed by atoms with E-state index in [-0.39, 0.29) is 18.1 Å². The summed E-state index contributed by atoms with van der Waals surface area (Å²) in [6.45, 7) is 9.35. The zero-order valence-electron chi connectivity index (χ0n) is 12.6. The molecule has 0 radical (unpaired) electrons. The van der Waals surface area contributed by atoms with Gasteiger partial charge in [0.1, 0.15) is 17.9 Å². The number of likely N-dealkylation sites (tertiary alicyclic amines) is 1. The molecule has 1 saturated heterocycles. The summed E-state index contributed by atoms with van der Waals surface area (Å²) in [5.74, 6) is -0.485. The monoisotopic (exact) mass is 271 g/mol. The highest BCUT2D eigenvalue weighted by Gasteiger charge is 2.39. The molecule has 0 aromatic heterocycles. The van der Waals surface area contributed by atoms with Gasteiger partial charge in [0.25, 0.3) is 0 Å². The van der Waals surface area contributed by atoms with Crippen molar-refractivity contribution in [2.24, 2.45) is 0 Å². The summed E-state index contributed by atoms with van der Waals surface area (Å²) in [6, 6.07) is -0.526. The number of hydrogen-bond acceptors (Lipinski definition) is 4. The number of amides is 1. The molecule has 1 unspecified atom stereocenters. The molecular formula is C14H25NO4. The Labute approximate surface area is 115 Å². The molecule has 0 spiro atoms. The topological polar surface area (TPSA) is 55.8 Å². The average molecular weight is 271 g/mol. The number of esters is 1. The molecule has 5 nitrogen and oxygen atoms in total. The van der Waals surface area contributed by atoms with Crippen molar-refractivity contribution in [1.29, 1.82) is 0 Å². The van der Waals surface area contributed by atoms with Crippen LogP contribution < -0.4 is 0 Å². The maximum atomic E-state index is 12.2. The van der Waals surface area contributed by atoms with E-state index in [1.54, 1.807) is 0 Å². The Kier molecular flexibility index (Phi) is 5.35. The molecule has 1 fully saturated rings. The van der Waals surface area contributed by atoms with Crippen LogP contribution in [0.1, 0.15) is 53.9 Å². The molecule has 1 rings (SSSR count). The lowest BCUT2D eigenvalue weighted by molar-refractivity contribution is -0.179. The molecule has 1 amide bonds. The van der Waals surface area contributed by atoms with E-state index in [1.165, 1.54) is 11.8 Å². The molecule has 0 N–H and O–H groups in total. The Hall–Kier alpha value is -1.10. The first kappa shape index (κ1) is 16.0. The van der Waals surface area contributed by atoms with Crippen LogP contribution in [0.5, 0.6) is 0 Å². The molecule has 1 heterocycles. The summed E-state index contributed by atoms with van der Waals surface area (Å²) in [6.07, 6.45) is 1.96. The molecule has 0 bridgehead atoms. The second-order valence-corrected chi connectivity index (χ2v) is 5.82. The summed E-state index contributed by atoms with van der Waals surface area (Å²) in [5.41, 5.74) is -0.544. The lowest BCUT2D eigenvalue weighted by Crippen LogP contribution is -2.54. The van der Waals surface area contributed by atoms with Gasteiger partial charge in [-0.25, -0.2) is 4.79 Å². The normalized spacial score (nSPS) is 24.2. The van der Waals surface area contributed by atoms with E-state index in [2.05, 4.69) is 0 Å². The highest BCUT2D eigenvalue weighted by Crippen LogP contribution is 2.26. The molecule has 1 aliphatic heterocycles. The van der Waals surface area contributed by atoms with E-state index in [0.717, 1.165) is 12.8 Å². The first-order valence-corrected chi connectivity index (χ1v) is 6.89. The van der Waals surface area contributed by atoms with Gasteiger partial charge >= 0.3 is 5.97 Å². The van der Waals surface area contributed by atoms with Crippen molar-refractivity contribution in [2.75, 3.05) is 6.61 Å². The maximum Gasteiger partial charge on any atom is 0.329 e. The summed E-state index contributed by atoms with van der Waals surface area (Å²) in [5, 5.41) is 0. The Morgan fingerprint density at radius 2 is 1.89 bits per heavy atom. The minimum Gasteiger partial charge on any atom is -0.458 e. The van der Waals surface area contributed by atoms with Gasteiger partial charge in [-0.15, -0.1) is 0 Å². The quantitative estimate of drug-likeness (QED) is 0.738. The van der Waals surface area contributed by atoms with Gasteiger partial charge in [-0.1, -0.05) is 0 Å². The van der Waals surface area contributed by atoms with E-state index in [0.29, 0.717) is 13.0 Å². The highest BCUT2D eigenvalue weighted by molar-refractivity contribution is 5.84.